The number of carbonyl (C=O) groups excluding carboxylic acids is 1. The Bertz CT molecular complexity index is 1730. The summed E-state index contributed by atoms with van der Waals surface area (Å²) in [6.07, 6.45) is 1.90. The molecule has 5 rings (SSSR count). The first-order valence-corrected chi connectivity index (χ1v) is 16.0. The quantitative estimate of drug-likeness (QED) is 0.157. The maximum absolute atomic E-state index is 15.4. The van der Waals surface area contributed by atoms with Gasteiger partial charge in [-0.3, -0.25) is 9.78 Å². The van der Waals surface area contributed by atoms with E-state index in [1.165, 1.54) is 24.3 Å². The SMILES string of the molecule is CC(C)(C)S(=O)NC(CCC1CC1)(c1cccnc1)c1ccc(F)c(NC(=O)c2cc(C(F)(F)F)nn2-c2cccc(CN)c2)c1. The monoisotopic (exact) mass is 656 g/mol. The summed E-state index contributed by atoms with van der Waals surface area (Å²) in [5, 5.41) is 6.13. The molecule has 0 radical (unpaired) electrons. The van der Waals surface area contributed by atoms with Crippen LogP contribution < -0.4 is 15.8 Å². The van der Waals surface area contributed by atoms with Crippen LogP contribution in [0.3, 0.4) is 0 Å². The molecule has 2 aromatic carbocycles. The van der Waals surface area contributed by atoms with E-state index in [2.05, 4.69) is 20.1 Å². The van der Waals surface area contributed by atoms with Gasteiger partial charge in [0.25, 0.3) is 5.91 Å². The van der Waals surface area contributed by atoms with Crippen LogP contribution in [0.4, 0.5) is 23.2 Å². The minimum Gasteiger partial charge on any atom is -0.326 e. The summed E-state index contributed by atoms with van der Waals surface area (Å²) in [4.78, 5) is 17.9. The van der Waals surface area contributed by atoms with Gasteiger partial charge in [-0.25, -0.2) is 18.0 Å². The molecule has 2 aromatic heterocycles. The summed E-state index contributed by atoms with van der Waals surface area (Å²) < 4.78 is 73.8. The average molecular weight is 657 g/mol. The number of alkyl halides is 3. The van der Waals surface area contributed by atoms with Crippen molar-refractivity contribution >= 4 is 22.6 Å². The Morgan fingerprint density at radius 1 is 1.04 bits per heavy atom. The molecule has 0 aliphatic heterocycles. The maximum atomic E-state index is 15.4. The lowest BCUT2D eigenvalue weighted by atomic mass is 9.80. The molecule has 0 spiro atoms. The molecule has 1 aliphatic carbocycles. The van der Waals surface area contributed by atoms with E-state index in [-0.39, 0.29) is 17.9 Å². The van der Waals surface area contributed by atoms with E-state index in [0.717, 1.165) is 23.9 Å². The van der Waals surface area contributed by atoms with E-state index in [4.69, 9.17) is 5.73 Å². The Labute approximate surface area is 267 Å². The molecule has 1 aliphatic rings. The van der Waals surface area contributed by atoms with Gasteiger partial charge in [0, 0.05) is 25.0 Å². The van der Waals surface area contributed by atoms with Gasteiger partial charge in [0.2, 0.25) is 0 Å². The lowest BCUT2D eigenvalue weighted by Crippen LogP contribution is -2.49. The van der Waals surface area contributed by atoms with Gasteiger partial charge < -0.3 is 11.1 Å². The highest BCUT2D eigenvalue weighted by molar-refractivity contribution is 7.84. The number of rotatable bonds is 11. The predicted octanol–water partition coefficient (Wildman–Crippen LogP) is 6.62. The number of anilines is 1. The van der Waals surface area contributed by atoms with Crippen LogP contribution in [0.5, 0.6) is 0 Å². The Kier molecular flexibility index (Phi) is 9.48. The van der Waals surface area contributed by atoms with Crippen LogP contribution in [0.15, 0.2) is 73.1 Å². The van der Waals surface area contributed by atoms with E-state index in [0.29, 0.717) is 35.1 Å². The number of nitrogens with two attached hydrogens (primary N) is 1. The molecule has 1 amide bonds. The van der Waals surface area contributed by atoms with Crippen molar-refractivity contribution in [1.29, 1.82) is 0 Å². The van der Waals surface area contributed by atoms with E-state index in [9.17, 15) is 22.2 Å². The lowest BCUT2D eigenvalue weighted by Gasteiger charge is -2.38. The molecule has 1 saturated carbocycles. The number of hydrogen-bond donors (Lipinski definition) is 3. The van der Waals surface area contributed by atoms with Crippen LogP contribution in [-0.2, 0) is 29.2 Å². The van der Waals surface area contributed by atoms with Crippen molar-refractivity contribution in [3.05, 3.63) is 107 Å². The molecule has 8 nitrogen and oxygen atoms in total. The molecule has 1 fully saturated rings. The fourth-order valence-electron chi connectivity index (χ4n) is 5.14. The minimum atomic E-state index is -4.84. The third-order valence-corrected chi connectivity index (χ3v) is 9.58. The normalized spacial score (nSPS) is 15.7. The molecule has 0 saturated heterocycles. The topological polar surface area (TPSA) is 115 Å². The number of hydrogen-bond acceptors (Lipinski definition) is 5. The van der Waals surface area contributed by atoms with E-state index >= 15 is 4.39 Å². The van der Waals surface area contributed by atoms with E-state index in [1.807, 2.05) is 26.8 Å². The largest absolute Gasteiger partial charge is 0.435 e. The molecule has 4 N–H and O–H groups in total. The van der Waals surface area contributed by atoms with Crippen molar-refractivity contribution in [2.24, 2.45) is 11.7 Å². The standard InChI is InChI=1S/C33H36F4N6O2S/c1-31(2,3)46(45)42-32(14-13-21-9-10-21,24-7-5-15-39-20-24)23-11-12-26(34)27(17-23)40-30(44)28-18-29(33(35,36)37)41-43(28)25-8-4-6-22(16-25)19-38/h4-8,11-12,15-18,20-21,42H,9-10,13-14,19,38H2,1-3H3,(H,40,44). The Morgan fingerprint density at radius 3 is 2.43 bits per heavy atom. The van der Waals surface area contributed by atoms with Gasteiger partial charge in [0.05, 0.1) is 32.6 Å². The number of carbonyl (C=O) groups is 1. The van der Waals surface area contributed by atoms with Gasteiger partial charge in [-0.15, -0.1) is 0 Å². The molecule has 2 heterocycles. The highest BCUT2D eigenvalue weighted by Gasteiger charge is 2.41. The van der Waals surface area contributed by atoms with Crippen molar-refractivity contribution in [2.45, 2.75) is 69.5 Å². The van der Waals surface area contributed by atoms with Crippen molar-refractivity contribution in [2.75, 3.05) is 5.32 Å². The first-order valence-electron chi connectivity index (χ1n) is 14.9. The Balaban J connectivity index is 1.59. The highest BCUT2D eigenvalue weighted by atomic mass is 32.2. The molecule has 4 aromatic rings. The summed E-state index contributed by atoms with van der Waals surface area (Å²) in [6, 6.07) is 14.7. The second-order valence-corrected chi connectivity index (χ2v) is 14.4. The zero-order valence-corrected chi connectivity index (χ0v) is 26.5. The zero-order valence-electron chi connectivity index (χ0n) is 25.7. The Hall–Kier alpha value is -3.94. The van der Waals surface area contributed by atoms with Gasteiger partial charge in [0.1, 0.15) is 11.5 Å². The van der Waals surface area contributed by atoms with Crippen LogP contribution in [0.2, 0.25) is 0 Å². The number of halogens is 4. The van der Waals surface area contributed by atoms with Gasteiger partial charge in [0.15, 0.2) is 5.69 Å². The van der Waals surface area contributed by atoms with Crippen LogP contribution >= 0.6 is 0 Å². The zero-order chi connectivity index (χ0) is 33.3. The number of aromatic nitrogens is 3. The van der Waals surface area contributed by atoms with E-state index < -0.39 is 50.6 Å². The molecule has 13 heteroatoms. The van der Waals surface area contributed by atoms with Gasteiger partial charge in [-0.05, 0) is 86.6 Å². The van der Waals surface area contributed by atoms with Crippen LogP contribution in [-0.4, -0.2) is 29.6 Å². The molecule has 46 heavy (non-hydrogen) atoms. The molecule has 2 atom stereocenters. The molecular weight excluding hydrogens is 620 g/mol. The third-order valence-electron chi connectivity index (χ3n) is 7.93. The number of nitrogens with zero attached hydrogens (tertiary/aromatic N) is 3. The summed E-state index contributed by atoms with van der Waals surface area (Å²) in [6.45, 7) is 5.63. The number of nitrogens with one attached hydrogen (secondary N) is 2. The molecule has 2 unspecified atom stereocenters. The second kappa shape index (κ2) is 13.0. The first-order chi connectivity index (χ1) is 21.7. The van der Waals surface area contributed by atoms with Crippen LogP contribution in [0.25, 0.3) is 5.69 Å². The van der Waals surface area contributed by atoms with Crippen LogP contribution in [0, 0.1) is 11.7 Å². The molecule has 0 bridgehead atoms. The third kappa shape index (κ3) is 7.37. The van der Waals surface area contributed by atoms with Crippen molar-refractivity contribution in [3.63, 3.8) is 0 Å². The van der Waals surface area contributed by atoms with Crippen molar-refractivity contribution in [1.82, 2.24) is 19.5 Å². The number of benzene rings is 2. The fraction of sp³-hybridized carbons (Fsp3) is 0.364. The number of pyridine rings is 1. The van der Waals surface area contributed by atoms with Gasteiger partial charge in [-0.1, -0.05) is 37.1 Å². The summed E-state index contributed by atoms with van der Waals surface area (Å²) in [5.74, 6) is -1.31. The molecular formula is C33H36F4N6O2S. The highest BCUT2D eigenvalue weighted by Crippen LogP contribution is 2.42. The lowest BCUT2D eigenvalue weighted by molar-refractivity contribution is -0.141. The van der Waals surface area contributed by atoms with Gasteiger partial charge in [-0.2, -0.15) is 18.3 Å². The first kappa shape index (κ1) is 33.4. The smallest absolute Gasteiger partial charge is 0.326 e. The van der Waals surface area contributed by atoms with Gasteiger partial charge >= 0.3 is 6.18 Å². The fourth-order valence-corrected chi connectivity index (χ4v) is 6.10. The summed E-state index contributed by atoms with van der Waals surface area (Å²) in [5.41, 5.74) is 4.64. The minimum absolute atomic E-state index is 0.119. The summed E-state index contributed by atoms with van der Waals surface area (Å²) >= 11 is 0. The van der Waals surface area contributed by atoms with Crippen LogP contribution in [0.1, 0.15) is 79.3 Å². The average Bonchev–Trinajstić information content (AvgIpc) is 3.73. The Morgan fingerprint density at radius 2 is 1.80 bits per heavy atom. The molecule has 244 valence electrons. The van der Waals surface area contributed by atoms with Crippen molar-refractivity contribution < 1.29 is 26.6 Å². The predicted molar refractivity (Wildman–Crippen MR) is 169 cm³/mol. The summed E-state index contributed by atoms with van der Waals surface area (Å²) in [7, 11) is -1.57. The van der Waals surface area contributed by atoms with Crippen molar-refractivity contribution in [3.8, 4) is 5.69 Å². The second-order valence-electron chi connectivity index (χ2n) is 12.5. The maximum Gasteiger partial charge on any atom is 0.435 e. The van der Waals surface area contributed by atoms with E-state index in [1.54, 1.807) is 36.7 Å². The number of amides is 1.